The average molecular weight is 306 g/mol. The molecular weight excluding hydrogens is 294 g/mol. The Labute approximate surface area is 105 Å². The molecule has 0 aliphatic rings. The van der Waals surface area contributed by atoms with Crippen LogP contribution in [-0.4, -0.2) is 33.8 Å². The van der Waals surface area contributed by atoms with Gasteiger partial charge >= 0.3 is 5.97 Å². The first-order chi connectivity index (χ1) is 7.50. The van der Waals surface area contributed by atoms with Crippen LogP contribution in [-0.2, 0) is 10.8 Å². The Morgan fingerprint density at radius 1 is 1.56 bits per heavy atom. The van der Waals surface area contributed by atoms with E-state index in [9.17, 15) is 9.00 Å². The highest BCUT2D eigenvalue weighted by molar-refractivity contribution is 9.10. The molecule has 0 fully saturated rings. The Morgan fingerprint density at radius 2 is 2.25 bits per heavy atom. The van der Waals surface area contributed by atoms with E-state index in [4.69, 9.17) is 5.11 Å². The molecule has 1 rings (SSSR count). The number of hydrogen-bond acceptors (Lipinski definition) is 3. The second kappa shape index (κ2) is 6.00. The SMILES string of the molecule is CS(=O)CCNc1ccc(C(=O)O)cc1Br. The molecule has 4 nitrogen and oxygen atoms in total. The lowest BCUT2D eigenvalue weighted by Crippen LogP contribution is -2.10. The molecule has 2 N–H and O–H groups in total. The molecule has 0 radical (unpaired) electrons. The number of carboxylic acids is 1. The van der Waals surface area contributed by atoms with Crippen LogP contribution in [0.25, 0.3) is 0 Å². The molecule has 0 aliphatic carbocycles. The smallest absolute Gasteiger partial charge is 0.335 e. The fourth-order valence-electron chi connectivity index (χ4n) is 1.12. The molecule has 0 saturated carbocycles. The van der Waals surface area contributed by atoms with Gasteiger partial charge in [0.1, 0.15) is 0 Å². The van der Waals surface area contributed by atoms with E-state index in [1.54, 1.807) is 12.3 Å². The molecule has 88 valence electrons. The maximum absolute atomic E-state index is 10.8. The predicted molar refractivity (Wildman–Crippen MR) is 68.5 cm³/mol. The number of benzene rings is 1. The summed E-state index contributed by atoms with van der Waals surface area (Å²) in [5.41, 5.74) is 1.03. The molecular formula is C10H12BrNO3S. The third kappa shape index (κ3) is 3.94. The zero-order valence-corrected chi connectivity index (χ0v) is 11.1. The maximum atomic E-state index is 10.8. The van der Waals surface area contributed by atoms with Crippen LogP contribution < -0.4 is 5.32 Å². The van der Waals surface area contributed by atoms with Crippen molar-refractivity contribution in [3.8, 4) is 0 Å². The maximum Gasteiger partial charge on any atom is 0.335 e. The number of carbonyl (C=O) groups is 1. The minimum atomic E-state index is -0.957. The lowest BCUT2D eigenvalue weighted by Gasteiger charge is -2.08. The monoisotopic (exact) mass is 305 g/mol. The van der Waals surface area contributed by atoms with Gasteiger partial charge in [-0.2, -0.15) is 0 Å². The van der Waals surface area contributed by atoms with Gasteiger partial charge in [-0.15, -0.1) is 0 Å². The number of carboxylic acid groups (broad SMARTS) is 1. The second-order valence-corrected chi connectivity index (χ2v) is 5.61. The molecule has 1 aromatic carbocycles. The van der Waals surface area contributed by atoms with E-state index < -0.39 is 16.8 Å². The molecule has 1 unspecified atom stereocenters. The lowest BCUT2D eigenvalue weighted by molar-refractivity contribution is 0.0697. The fourth-order valence-corrected chi connectivity index (χ4v) is 2.03. The number of aromatic carboxylic acids is 1. The highest BCUT2D eigenvalue weighted by Gasteiger charge is 2.06. The topological polar surface area (TPSA) is 66.4 Å². The summed E-state index contributed by atoms with van der Waals surface area (Å²) in [5.74, 6) is -0.394. The van der Waals surface area contributed by atoms with Gasteiger partial charge in [-0.25, -0.2) is 4.79 Å². The summed E-state index contributed by atoms with van der Waals surface area (Å²) in [6.45, 7) is 0.591. The molecule has 0 amide bonds. The quantitative estimate of drug-likeness (QED) is 0.872. The van der Waals surface area contributed by atoms with Crippen molar-refractivity contribution in [1.29, 1.82) is 0 Å². The summed E-state index contributed by atoms with van der Waals surface area (Å²) in [6, 6.07) is 4.75. The summed E-state index contributed by atoms with van der Waals surface area (Å²) >= 11 is 3.28. The third-order valence-corrected chi connectivity index (χ3v) is 3.36. The first-order valence-electron chi connectivity index (χ1n) is 4.57. The van der Waals surface area contributed by atoms with Crippen LogP contribution in [0.5, 0.6) is 0 Å². The predicted octanol–water partition coefficient (Wildman–Crippen LogP) is 1.94. The Balaban J connectivity index is 2.68. The highest BCUT2D eigenvalue weighted by Crippen LogP contribution is 2.23. The largest absolute Gasteiger partial charge is 0.478 e. The second-order valence-electron chi connectivity index (χ2n) is 3.20. The van der Waals surface area contributed by atoms with Gasteiger partial charge in [-0.1, -0.05) is 0 Å². The standard InChI is InChI=1S/C10H12BrNO3S/c1-16(15)5-4-12-9-3-2-7(10(13)14)6-8(9)11/h2-3,6,12H,4-5H2,1H3,(H,13,14). The van der Waals surface area contributed by atoms with E-state index in [0.717, 1.165) is 5.69 Å². The van der Waals surface area contributed by atoms with Crippen LogP contribution in [0.3, 0.4) is 0 Å². The van der Waals surface area contributed by atoms with Crippen LogP contribution in [0.15, 0.2) is 22.7 Å². The Hall–Kier alpha value is -0.880. The number of nitrogens with one attached hydrogen (secondary N) is 1. The minimum absolute atomic E-state index is 0.233. The van der Waals surface area contributed by atoms with Crippen molar-refractivity contribution < 1.29 is 14.1 Å². The highest BCUT2D eigenvalue weighted by atomic mass is 79.9. The van der Waals surface area contributed by atoms with E-state index in [0.29, 0.717) is 16.8 Å². The van der Waals surface area contributed by atoms with E-state index in [1.807, 2.05) is 0 Å². The number of halogens is 1. The molecule has 0 saturated heterocycles. The van der Waals surface area contributed by atoms with Crippen LogP contribution in [0.4, 0.5) is 5.69 Å². The molecule has 0 aliphatic heterocycles. The number of anilines is 1. The summed E-state index contributed by atoms with van der Waals surface area (Å²) in [5, 5.41) is 11.8. The normalized spacial score (nSPS) is 12.1. The van der Waals surface area contributed by atoms with Gasteiger partial charge in [0.05, 0.1) is 5.56 Å². The van der Waals surface area contributed by atoms with Gasteiger partial charge in [0, 0.05) is 39.5 Å². The van der Waals surface area contributed by atoms with Crippen molar-refractivity contribution in [3.63, 3.8) is 0 Å². The van der Waals surface area contributed by atoms with Crippen LogP contribution in [0.2, 0.25) is 0 Å². The zero-order valence-electron chi connectivity index (χ0n) is 8.70. The van der Waals surface area contributed by atoms with E-state index >= 15 is 0 Å². The Kier molecular flexibility index (Phi) is 4.95. The molecule has 16 heavy (non-hydrogen) atoms. The summed E-state index contributed by atoms with van der Waals surface area (Å²) in [6.07, 6.45) is 1.64. The first kappa shape index (κ1) is 13.2. The van der Waals surface area contributed by atoms with Crippen molar-refractivity contribution in [2.75, 3.05) is 23.9 Å². The van der Waals surface area contributed by atoms with Crippen molar-refractivity contribution in [2.24, 2.45) is 0 Å². The minimum Gasteiger partial charge on any atom is -0.478 e. The van der Waals surface area contributed by atoms with Gasteiger partial charge in [0.2, 0.25) is 0 Å². The van der Waals surface area contributed by atoms with E-state index in [1.165, 1.54) is 12.1 Å². The summed E-state index contributed by atoms with van der Waals surface area (Å²) in [7, 11) is -0.829. The number of hydrogen-bond donors (Lipinski definition) is 2. The third-order valence-electron chi connectivity index (χ3n) is 1.92. The summed E-state index contributed by atoms with van der Waals surface area (Å²) in [4.78, 5) is 10.7. The Bertz CT molecular complexity index is 423. The van der Waals surface area contributed by atoms with Gasteiger partial charge in [0.25, 0.3) is 0 Å². The molecule has 1 aromatic rings. The van der Waals surface area contributed by atoms with Gasteiger partial charge in [0.15, 0.2) is 0 Å². The molecule has 0 aromatic heterocycles. The van der Waals surface area contributed by atoms with Crippen molar-refractivity contribution in [1.82, 2.24) is 0 Å². The summed E-state index contributed by atoms with van der Waals surface area (Å²) < 4.78 is 11.5. The molecule has 0 spiro atoms. The van der Waals surface area contributed by atoms with Crippen molar-refractivity contribution in [3.05, 3.63) is 28.2 Å². The van der Waals surface area contributed by atoms with Crippen molar-refractivity contribution >= 4 is 38.4 Å². The van der Waals surface area contributed by atoms with E-state index in [2.05, 4.69) is 21.2 Å². The van der Waals surface area contributed by atoms with Gasteiger partial charge < -0.3 is 10.4 Å². The molecule has 0 bridgehead atoms. The van der Waals surface area contributed by atoms with Crippen LogP contribution in [0, 0.1) is 0 Å². The number of rotatable bonds is 5. The van der Waals surface area contributed by atoms with Gasteiger partial charge in [-0.3, -0.25) is 4.21 Å². The molecule has 1 atom stereocenters. The Morgan fingerprint density at radius 3 is 2.75 bits per heavy atom. The fraction of sp³-hybridized carbons (Fsp3) is 0.300. The molecule has 0 heterocycles. The first-order valence-corrected chi connectivity index (χ1v) is 7.09. The molecule has 6 heteroatoms. The van der Waals surface area contributed by atoms with E-state index in [-0.39, 0.29) is 5.56 Å². The average Bonchev–Trinajstić information content (AvgIpc) is 2.19. The zero-order chi connectivity index (χ0) is 12.1. The van der Waals surface area contributed by atoms with Crippen molar-refractivity contribution in [2.45, 2.75) is 0 Å². The van der Waals surface area contributed by atoms with Crippen LogP contribution >= 0.6 is 15.9 Å². The van der Waals surface area contributed by atoms with Crippen LogP contribution in [0.1, 0.15) is 10.4 Å². The lowest BCUT2D eigenvalue weighted by atomic mass is 10.2. The van der Waals surface area contributed by atoms with Gasteiger partial charge in [-0.05, 0) is 34.1 Å².